The molecule has 0 amide bonds. The Morgan fingerprint density at radius 2 is 1.92 bits per heavy atom. The van der Waals surface area contributed by atoms with Gasteiger partial charge in [-0.2, -0.15) is 0 Å². The van der Waals surface area contributed by atoms with Crippen LogP contribution < -0.4 is 15.4 Å². The van der Waals surface area contributed by atoms with Gasteiger partial charge in [0.15, 0.2) is 0 Å². The summed E-state index contributed by atoms with van der Waals surface area (Å²) in [4.78, 5) is 0. The molecule has 1 heterocycles. The quantitative estimate of drug-likeness (QED) is 0.485. The maximum Gasteiger partial charge on any atom is 0.119 e. The predicted molar refractivity (Wildman–Crippen MR) is 108 cm³/mol. The van der Waals surface area contributed by atoms with Crippen molar-refractivity contribution in [3.63, 3.8) is 0 Å². The van der Waals surface area contributed by atoms with Crippen molar-refractivity contribution in [1.29, 1.82) is 0 Å². The maximum absolute atomic E-state index is 6.06. The monoisotopic (exact) mass is 358 g/mol. The Kier molecular flexibility index (Phi) is 7.84. The van der Waals surface area contributed by atoms with Gasteiger partial charge in [0.1, 0.15) is 5.75 Å². The van der Waals surface area contributed by atoms with Gasteiger partial charge >= 0.3 is 0 Å². The molecule has 2 N–H and O–H groups in total. The molecule has 1 fully saturated rings. The molecule has 1 aromatic rings. The number of hydrogen-bond acceptors (Lipinski definition) is 4. The topological polar surface area (TPSA) is 42.5 Å². The number of allylic oxidation sites excluding steroid dienone is 1. The van der Waals surface area contributed by atoms with E-state index in [1.165, 1.54) is 32.1 Å². The molecule has 1 saturated heterocycles. The lowest BCUT2D eigenvalue weighted by Crippen LogP contribution is -2.37. The zero-order chi connectivity index (χ0) is 18.0. The molecular weight excluding hydrogens is 324 g/mol. The highest BCUT2D eigenvalue weighted by Gasteiger charge is 2.32. The van der Waals surface area contributed by atoms with Gasteiger partial charge in [-0.3, -0.25) is 0 Å². The van der Waals surface area contributed by atoms with Crippen molar-refractivity contribution in [2.75, 3.05) is 38.7 Å². The maximum atomic E-state index is 6.06. The van der Waals surface area contributed by atoms with Gasteiger partial charge in [-0.15, -0.1) is 0 Å². The summed E-state index contributed by atoms with van der Waals surface area (Å²) in [6, 6.07) is 8.09. The minimum atomic E-state index is 0.448. The standard InChI is InChI=1S/C22H34N2O2/c1-25-20-11-9-19(10-12-20)24-16-5-15-23-14-4-8-22-21-7-3-2-6-18(21)13-17-26-22/h3,7,9-12,18,21-24H,2,4-6,8,13-17H2,1H3. The minimum absolute atomic E-state index is 0.448. The van der Waals surface area contributed by atoms with Gasteiger partial charge < -0.3 is 20.1 Å². The lowest BCUT2D eigenvalue weighted by molar-refractivity contribution is -0.0482. The highest BCUT2D eigenvalue weighted by atomic mass is 16.5. The zero-order valence-corrected chi connectivity index (χ0v) is 16.1. The second-order valence-corrected chi connectivity index (χ2v) is 7.44. The number of ether oxygens (including phenoxy) is 2. The highest BCUT2D eigenvalue weighted by molar-refractivity contribution is 5.46. The van der Waals surface area contributed by atoms with Gasteiger partial charge in [0, 0.05) is 24.8 Å². The molecule has 1 aromatic carbocycles. The fraction of sp³-hybridized carbons (Fsp3) is 0.636. The Hall–Kier alpha value is -1.52. The molecule has 0 saturated carbocycles. The van der Waals surface area contributed by atoms with Crippen LogP contribution in [-0.2, 0) is 4.74 Å². The molecular formula is C22H34N2O2. The van der Waals surface area contributed by atoms with E-state index in [2.05, 4.69) is 34.9 Å². The number of rotatable bonds is 10. The van der Waals surface area contributed by atoms with E-state index in [9.17, 15) is 0 Å². The van der Waals surface area contributed by atoms with Crippen LogP contribution in [-0.4, -0.2) is 39.5 Å². The summed E-state index contributed by atoms with van der Waals surface area (Å²) in [7, 11) is 1.69. The SMILES string of the molecule is COc1ccc(NCCCNCCCC2OCCC3CCC=CC32)cc1. The summed E-state index contributed by atoms with van der Waals surface area (Å²) in [5.41, 5.74) is 1.15. The van der Waals surface area contributed by atoms with Crippen molar-refractivity contribution in [2.24, 2.45) is 11.8 Å². The molecule has 3 unspecified atom stereocenters. The van der Waals surface area contributed by atoms with E-state index in [1.807, 2.05) is 12.1 Å². The van der Waals surface area contributed by atoms with E-state index >= 15 is 0 Å². The molecule has 0 bridgehead atoms. The molecule has 3 atom stereocenters. The third-order valence-electron chi connectivity index (χ3n) is 5.65. The van der Waals surface area contributed by atoms with Crippen molar-refractivity contribution < 1.29 is 9.47 Å². The third kappa shape index (κ3) is 5.75. The summed E-state index contributed by atoms with van der Waals surface area (Å²) in [6.45, 7) is 4.09. The second-order valence-electron chi connectivity index (χ2n) is 7.44. The summed E-state index contributed by atoms with van der Waals surface area (Å²) >= 11 is 0. The Bertz CT molecular complexity index is 544. The predicted octanol–water partition coefficient (Wildman–Crippen LogP) is 4.24. The first-order valence-electron chi connectivity index (χ1n) is 10.2. The molecule has 0 radical (unpaired) electrons. The third-order valence-corrected chi connectivity index (χ3v) is 5.65. The van der Waals surface area contributed by atoms with Gasteiger partial charge in [0.2, 0.25) is 0 Å². The van der Waals surface area contributed by atoms with Crippen LogP contribution >= 0.6 is 0 Å². The Morgan fingerprint density at radius 1 is 1.08 bits per heavy atom. The first-order valence-corrected chi connectivity index (χ1v) is 10.2. The van der Waals surface area contributed by atoms with Crippen LogP contribution in [0.15, 0.2) is 36.4 Å². The summed E-state index contributed by atoms with van der Waals surface area (Å²) in [6.07, 6.45) is 12.6. The molecule has 4 nitrogen and oxygen atoms in total. The number of hydrogen-bond donors (Lipinski definition) is 2. The summed E-state index contributed by atoms with van der Waals surface area (Å²) < 4.78 is 11.2. The Morgan fingerprint density at radius 3 is 2.77 bits per heavy atom. The number of anilines is 1. The van der Waals surface area contributed by atoms with Gasteiger partial charge in [0.05, 0.1) is 13.2 Å². The number of benzene rings is 1. The van der Waals surface area contributed by atoms with Gasteiger partial charge in [-0.1, -0.05) is 12.2 Å². The van der Waals surface area contributed by atoms with Gasteiger partial charge in [-0.25, -0.2) is 0 Å². The molecule has 0 aromatic heterocycles. The smallest absolute Gasteiger partial charge is 0.119 e. The fourth-order valence-electron chi connectivity index (χ4n) is 4.14. The highest BCUT2D eigenvalue weighted by Crippen LogP contribution is 2.36. The van der Waals surface area contributed by atoms with E-state index < -0.39 is 0 Å². The van der Waals surface area contributed by atoms with Crippen LogP contribution in [0.2, 0.25) is 0 Å². The Balaban J connectivity index is 1.22. The van der Waals surface area contributed by atoms with Gasteiger partial charge in [0.25, 0.3) is 0 Å². The molecule has 144 valence electrons. The van der Waals surface area contributed by atoms with E-state index in [1.54, 1.807) is 7.11 Å². The molecule has 4 heteroatoms. The first-order chi connectivity index (χ1) is 12.9. The number of methoxy groups -OCH3 is 1. The van der Waals surface area contributed by atoms with Crippen LogP contribution in [0, 0.1) is 11.8 Å². The fourth-order valence-corrected chi connectivity index (χ4v) is 4.14. The van der Waals surface area contributed by atoms with E-state index in [-0.39, 0.29) is 0 Å². The lowest BCUT2D eigenvalue weighted by Gasteiger charge is -2.38. The zero-order valence-electron chi connectivity index (χ0n) is 16.1. The summed E-state index contributed by atoms with van der Waals surface area (Å²) in [5.74, 6) is 2.44. The molecule has 26 heavy (non-hydrogen) atoms. The van der Waals surface area contributed by atoms with Crippen LogP contribution in [0.25, 0.3) is 0 Å². The van der Waals surface area contributed by atoms with Crippen molar-refractivity contribution in [1.82, 2.24) is 5.32 Å². The molecule has 0 spiro atoms. The average molecular weight is 359 g/mol. The van der Waals surface area contributed by atoms with Crippen molar-refractivity contribution in [3.05, 3.63) is 36.4 Å². The van der Waals surface area contributed by atoms with Crippen molar-refractivity contribution in [2.45, 2.75) is 44.6 Å². The van der Waals surface area contributed by atoms with Crippen LogP contribution in [0.5, 0.6) is 5.75 Å². The lowest BCUT2D eigenvalue weighted by atomic mass is 9.76. The van der Waals surface area contributed by atoms with E-state index in [4.69, 9.17) is 9.47 Å². The largest absolute Gasteiger partial charge is 0.497 e. The summed E-state index contributed by atoms with van der Waals surface area (Å²) in [5, 5.41) is 7.01. The second kappa shape index (κ2) is 10.6. The molecule has 3 rings (SSSR count). The number of nitrogens with one attached hydrogen (secondary N) is 2. The first kappa shape index (κ1) is 19.2. The molecule has 1 aliphatic heterocycles. The minimum Gasteiger partial charge on any atom is -0.497 e. The normalized spacial score (nSPS) is 24.9. The average Bonchev–Trinajstić information content (AvgIpc) is 2.70. The van der Waals surface area contributed by atoms with Crippen LogP contribution in [0.4, 0.5) is 5.69 Å². The van der Waals surface area contributed by atoms with E-state index in [0.717, 1.165) is 50.0 Å². The van der Waals surface area contributed by atoms with Gasteiger partial charge in [-0.05, 0) is 81.8 Å². The number of fused-ring (bicyclic) bond motifs is 1. The Labute approximate surface area is 158 Å². The van der Waals surface area contributed by atoms with Crippen molar-refractivity contribution in [3.8, 4) is 5.75 Å². The van der Waals surface area contributed by atoms with Crippen LogP contribution in [0.3, 0.4) is 0 Å². The van der Waals surface area contributed by atoms with E-state index in [0.29, 0.717) is 12.0 Å². The molecule has 1 aliphatic carbocycles. The van der Waals surface area contributed by atoms with Crippen LogP contribution in [0.1, 0.15) is 38.5 Å². The molecule has 2 aliphatic rings. The van der Waals surface area contributed by atoms with Crippen molar-refractivity contribution >= 4 is 5.69 Å².